The second-order valence-corrected chi connectivity index (χ2v) is 11.8. The molecule has 176 valence electrons. The van der Waals surface area contributed by atoms with E-state index < -0.39 is 16.0 Å². The Hall–Kier alpha value is -3.17. The van der Waals surface area contributed by atoms with Gasteiger partial charge in [-0.1, -0.05) is 30.3 Å². The number of thiazole rings is 1. The fraction of sp³-hybridized carbons (Fsp3) is 0.280. The second kappa shape index (κ2) is 8.56. The van der Waals surface area contributed by atoms with Gasteiger partial charge in [-0.05, 0) is 66.9 Å². The highest BCUT2D eigenvalue weighted by Crippen LogP contribution is 2.56. The van der Waals surface area contributed by atoms with E-state index in [2.05, 4.69) is 27.9 Å². The number of nitrogens with one attached hydrogen (secondary N) is 1. The standard InChI is InChI=1S/C25H24N2O5S2/c1-32-21-14-19(24(28)29)6-7-20(21)27-34(30,31)22-15-26-23(33-22)18-4-2-16(3-5-18)17-8-10-25(11-9-17)12-13-25/h2-8,14-15,27H,9-13H2,1H3,(H,28,29). The molecule has 0 atom stereocenters. The first-order valence-electron chi connectivity index (χ1n) is 11.0. The van der Waals surface area contributed by atoms with E-state index in [9.17, 15) is 13.2 Å². The van der Waals surface area contributed by atoms with Crippen LogP contribution in [0.15, 0.2) is 58.9 Å². The van der Waals surface area contributed by atoms with Gasteiger partial charge < -0.3 is 9.84 Å². The maximum Gasteiger partial charge on any atom is 0.335 e. The molecule has 0 saturated heterocycles. The van der Waals surface area contributed by atoms with Crippen LogP contribution in [0, 0.1) is 5.41 Å². The average Bonchev–Trinajstić information content (AvgIpc) is 3.38. The minimum absolute atomic E-state index is 0.000596. The Labute approximate surface area is 202 Å². The van der Waals surface area contributed by atoms with E-state index in [0.29, 0.717) is 10.4 Å². The fourth-order valence-electron chi connectivity index (χ4n) is 4.28. The molecule has 0 unspecified atom stereocenters. The highest BCUT2D eigenvalue weighted by molar-refractivity contribution is 7.94. The molecule has 0 radical (unpaired) electrons. The lowest BCUT2D eigenvalue weighted by Gasteiger charge is -2.21. The molecule has 2 N–H and O–H groups in total. The van der Waals surface area contributed by atoms with Crippen LogP contribution in [0.2, 0.25) is 0 Å². The summed E-state index contributed by atoms with van der Waals surface area (Å²) in [6, 6.07) is 12.1. The van der Waals surface area contributed by atoms with Crippen LogP contribution < -0.4 is 9.46 Å². The maximum atomic E-state index is 12.9. The van der Waals surface area contributed by atoms with Gasteiger partial charge in [-0.25, -0.2) is 18.2 Å². The third kappa shape index (κ3) is 4.45. The number of rotatable bonds is 7. The molecule has 2 aliphatic carbocycles. The molecule has 34 heavy (non-hydrogen) atoms. The van der Waals surface area contributed by atoms with Crippen molar-refractivity contribution in [3.05, 3.63) is 65.9 Å². The molecule has 0 amide bonds. The number of allylic oxidation sites excluding steroid dienone is 2. The van der Waals surface area contributed by atoms with Crippen LogP contribution in [-0.2, 0) is 10.0 Å². The Morgan fingerprint density at radius 1 is 1.12 bits per heavy atom. The van der Waals surface area contributed by atoms with Crippen LogP contribution in [0.4, 0.5) is 5.69 Å². The van der Waals surface area contributed by atoms with Crippen LogP contribution in [-0.4, -0.2) is 31.6 Å². The van der Waals surface area contributed by atoms with Crippen molar-refractivity contribution in [2.75, 3.05) is 11.8 Å². The van der Waals surface area contributed by atoms with Crippen LogP contribution in [0.1, 0.15) is 48.0 Å². The second-order valence-electron chi connectivity index (χ2n) is 8.82. The summed E-state index contributed by atoms with van der Waals surface area (Å²) in [6.45, 7) is 0. The zero-order chi connectivity index (χ0) is 23.9. The molecule has 1 spiro atoms. The van der Waals surface area contributed by atoms with E-state index in [4.69, 9.17) is 9.84 Å². The van der Waals surface area contributed by atoms with Gasteiger partial charge in [0.1, 0.15) is 10.8 Å². The smallest absolute Gasteiger partial charge is 0.335 e. The van der Waals surface area contributed by atoms with E-state index in [1.165, 1.54) is 68.3 Å². The van der Waals surface area contributed by atoms with Crippen molar-refractivity contribution in [2.45, 2.75) is 36.3 Å². The Balaban J connectivity index is 1.33. The number of carboxylic acid groups (broad SMARTS) is 1. The number of hydrogen-bond acceptors (Lipinski definition) is 6. The number of sulfonamides is 1. The molecule has 1 fully saturated rings. The molecule has 0 aliphatic heterocycles. The Morgan fingerprint density at radius 2 is 1.85 bits per heavy atom. The van der Waals surface area contributed by atoms with Crippen molar-refractivity contribution >= 4 is 38.6 Å². The highest BCUT2D eigenvalue weighted by Gasteiger charge is 2.42. The maximum absolute atomic E-state index is 12.9. The zero-order valence-corrected chi connectivity index (χ0v) is 20.2. The quantitative estimate of drug-likeness (QED) is 0.437. The molecule has 3 aromatic rings. The first kappa shape index (κ1) is 22.6. The highest BCUT2D eigenvalue weighted by atomic mass is 32.2. The number of aromatic nitrogens is 1. The number of carboxylic acids is 1. The van der Waals surface area contributed by atoms with Gasteiger partial charge in [-0.3, -0.25) is 4.72 Å². The van der Waals surface area contributed by atoms with Crippen LogP contribution >= 0.6 is 11.3 Å². The summed E-state index contributed by atoms with van der Waals surface area (Å²) < 4.78 is 33.5. The molecule has 2 aliphatic rings. The molecule has 0 bridgehead atoms. The van der Waals surface area contributed by atoms with Crippen molar-refractivity contribution < 1.29 is 23.1 Å². The number of anilines is 1. The predicted octanol–water partition coefficient (Wildman–Crippen LogP) is 5.67. The summed E-state index contributed by atoms with van der Waals surface area (Å²) in [5.74, 6) is -1.01. The fourth-order valence-corrected chi connectivity index (χ4v) is 6.49. The number of hydrogen-bond donors (Lipinski definition) is 2. The third-order valence-electron chi connectivity index (χ3n) is 6.61. The largest absolute Gasteiger partial charge is 0.495 e. The summed E-state index contributed by atoms with van der Waals surface area (Å²) in [4.78, 5) is 15.5. The lowest BCUT2D eigenvalue weighted by Crippen LogP contribution is -2.12. The zero-order valence-electron chi connectivity index (χ0n) is 18.6. The van der Waals surface area contributed by atoms with Crippen molar-refractivity contribution in [3.8, 4) is 16.3 Å². The molecule has 1 saturated carbocycles. The van der Waals surface area contributed by atoms with Gasteiger partial charge in [-0.15, -0.1) is 11.3 Å². The van der Waals surface area contributed by atoms with E-state index in [0.717, 1.165) is 23.3 Å². The van der Waals surface area contributed by atoms with Crippen molar-refractivity contribution in [3.63, 3.8) is 0 Å². The summed E-state index contributed by atoms with van der Waals surface area (Å²) >= 11 is 1.07. The molecule has 5 rings (SSSR count). The number of ether oxygens (including phenoxy) is 1. The van der Waals surface area contributed by atoms with Crippen molar-refractivity contribution in [2.24, 2.45) is 5.41 Å². The number of carbonyl (C=O) groups is 1. The first-order chi connectivity index (χ1) is 16.3. The molecular formula is C25H24N2O5S2. The first-order valence-corrected chi connectivity index (χ1v) is 13.3. The normalized spacial score (nSPS) is 16.7. The van der Waals surface area contributed by atoms with E-state index in [1.54, 1.807) is 0 Å². The topological polar surface area (TPSA) is 106 Å². The molecule has 7 nitrogen and oxygen atoms in total. The average molecular weight is 497 g/mol. The lowest BCUT2D eigenvalue weighted by molar-refractivity contribution is 0.0696. The summed E-state index contributed by atoms with van der Waals surface area (Å²) in [5, 5.41) is 9.73. The minimum atomic E-state index is -3.93. The Bertz CT molecular complexity index is 1390. The van der Waals surface area contributed by atoms with Crippen LogP contribution in [0.3, 0.4) is 0 Å². The van der Waals surface area contributed by atoms with Gasteiger partial charge in [0.05, 0.1) is 24.6 Å². The monoisotopic (exact) mass is 496 g/mol. The molecule has 1 heterocycles. The lowest BCUT2D eigenvalue weighted by atomic mass is 9.84. The van der Waals surface area contributed by atoms with Gasteiger partial charge in [0.25, 0.3) is 10.0 Å². The molecule has 9 heteroatoms. The number of nitrogens with zero attached hydrogens (tertiary/aromatic N) is 1. The van der Waals surface area contributed by atoms with Crippen molar-refractivity contribution in [1.82, 2.24) is 4.98 Å². The Morgan fingerprint density at radius 3 is 2.47 bits per heavy atom. The van der Waals surface area contributed by atoms with Gasteiger partial charge in [0.2, 0.25) is 0 Å². The van der Waals surface area contributed by atoms with Crippen LogP contribution in [0.5, 0.6) is 5.75 Å². The minimum Gasteiger partial charge on any atom is -0.495 e. The van der Waals surface area contributed by atoms with Gasteiger partial charge in [0, 0.05) is 5.56 Å². The van der Waals surface area contributed by atoms with E-state index in [-0.39, 0.29) is 21.2 Å². The predicted molar refractivity (Wildman–Crippen MR) is 132 cm³/mol. The van der Waals surface area contributed by atoms with Crippen LogP contribution in [0.25, 0.3) is 16.1 Å². The summed E-state index contributed by atoms with van der Waals surface area (Å²) in [7, 11) is -2.58. The van der Waals surface area contributed by atoms with Gasteiger partial charge in [0.15, 0.2) is 4.21 Å². The van der Waals surface area contributed by atoms with E-state index in [1.807, 2.05) is 12.1 Å². The Kier molecular flexibility index (Phi) is 5.69. The number of aromatic carboxylic acids is 1. The summed E-state index contributed by atoms with van der Waals surface area (Å²) in [5.41, 5.74) is 4.21. The SMILES string of the molecule is COc1cc(C(=O)O)ccc1NS(=O)(=O)c1cnc(-c2ccc(C3=CCC4(CC3)CC4)cc2)s1. The summed E-state index contributed by atoms with van der Waals surface area (Å²) in [6.07, 6.45) is 9.98. The number of methoxy groups -OCH3 is 1. The molecular weight excluding hydrogens is 472 g/mol. The molecule has 1 aromatic heterocycles. The van der Waals surface area contributed by atoms with Gasteiger partial charge >= 0.3 is 5.97 Å². The molecule has 2 aromatic carbocycles. The number of benzene rings is 2. The van der Waals surface area contributed by atoms with E-state index >= 15 is 0 Å². The third-order valence-corrected chi connectivity index (χ3v) is 9.48. The van der Waals surface area contributed by atoms with Gasteiger partial charge in [-0.2, -0.15) is 0 Å². The van der Waals surface area contributed by atoms with Crippen molar-refractivity contribution in [1.29, 1.82) is 0 Å².